The predicted octanol–water partition coefficient (Wildman–Crippen LogP) is 2.69. The summed E-state index contributed by atoms with van der Waals surface area (Å²) in [4.78, 5) is 14.9. The van der Waals surface area contributed by atoms with Crippen molar-refractivity contribution in [1.29, 1.82) is 0 Å². The maximum absolute atomic E-state index is 12.3. The minimum absolute atomic E-state index is 0.127. The van der Waals surface area contributed by atoms with Crippen molar-refractivity contribution in [2.75, 3.05) is 26.3 Å². The average molecular weight is 395 g/mol. The number of rotatable bonds is 8. The molecule has 9 heteroatoms. The highest BCUT2D eigenvalue weighted by molar-refractivity contribution is 5.81. The monoisotopic (exact) mass is 395 g/mol. The number of methoxy groups -OCH3 is 2. The van der Waals surface area contributed by atoms with Crippen LogP contribution in [0.25, 0.3) is 11.3 Å². The molecule has 3 rings (SSSR count). The highest BCUT2D eigenvalue weighted by Crippen LogP contribution is 2.27. The number of hydrogen-bond acceptors (Lipinski definition) is 8. The Morgan fingerprint density at radius 3 is 2.52 bits per heavy atom. The van der Waals surface area contributed by atoms with Crippen LogP contribution in [0, 0.1) is 0 Å². The van der Waals surface area contributed by atoms with Gasteiger partial charge in [-0.15, -0.1) is 10.2 Å². The molecule has 1 aromatic heterocycles. The van der Waals surface area contributed by atoms with Gasteiger partial charge >= 0.3 is 0 Å². The van der Waals surface area contributed by atoms with Crippen LogP contribution >= 0.6 is 0 Å². The number of benzene rings is 2. The van der Waals surface area contributed by atoms with Crippen LogP contribution in [0.3, 0.4) is 0 Å². The zero-order valence-electron chi connectivity index (χ0n) is 16.3. The van der Waals surface area contributed by atoms with E-state index in [4.69, 9.17) is 14.2 Å². The zero-order valence-corrected chi connectivity index (χ0v) is 16.3. The first-order chi connectivity index (χ1) is 14.1. The highest BCUT2D eigenvalue weighted by Gasteiger charge is 2.08. The van der Waals surface area contributed by atoms with Crippen LogP contribution in [0.5, 0.6) is 17.2 Å². The Labute approximate surface area is 167 Å². The normalized spacial score (nSPS) is 10.7. The third-order valence-electron chi connectivity index (χ3n) is 3.93. The largest absolute Gasteiger partial charge is 0.497 e. The summed E-state index contributed by atoms with van der Waals surface area (Å²) in [6.07, 6.45) is 1.57. The van der Waals surface area contributed by atoms with Gasteiger partial charge in [-0.1, -0.05) is 0 Å². The summed E-state index contributed by atoms with van der Waals surface area (Å²) < 4.78 is 15.9. The van der Waals surface area contributed by atoms with Crippen LogP contribution < -0.4 is 25.2 Å². The molecule has 0 bridgehead atoms. The van der Waals surface area contributed by atoms with Crippen molar-refractivity contribution in [1.82, 2.24) is 15.2 Å². The standard InChI is InChI=1S/C20H21N5O4/c1-4-29-17-11-13(5-10-16(17)28-3)12-21-24-20-22-19(26)18(23-25-20)14-6-8-15(27-2)9-7-14/h5-12H,4H2,1-3H3,(H2,22,24,25,26)/b21-12+. The molecule has 0 saturated heterocycles. The van der Waals surface area contributed by atoms with Crippen molar-refractivity contribution in [3.05, 3.63) is 58.4 Å². The molecule has 0 spiro atoms. The fraction of sp³-hybridized carbons (Fsp3) is 0.200. The molecule has 3 aromatic rings. The number of hydrogen-bond donors (Lipinski definition) is 2. The van der Waals surface area contributed by atoms with E-state index in [-0.39, 0.29) is 17.2 Å². The second-order valence-corrected chi connectivity index (χ2v) is 5.79. The molecular weight excluding hydrogens is 374 g/mol. The van der Waals surface area contributed by atoms with E-state index in [1.165, 1.54) is 0 Å². The van der Waals surface area contributed by atoms with Crippen LogP contribution in [0.1, 0.15) is 12.5 Å². The number of nitrogens with one attached hydrogen (secondary N) is 2. The quantitative estimate of drug-likeness (QED) is 0.446. The van der Waals surface area contributed by atoms with Crippen LogP contribution in [-0.4, -0.2) is 42.2 Å². The molecule has 9 nitrogen and oxygen atoms in total. The van der Waals surface area contributed by atoms with Gasteiger partial charge in [0.2, 0.25) is 5.95 Å². The average Bonchev–Trinajstić information content (AvgIpc) is 2.74. The van der Waals surface area contributed by atoms with Gasteiger partial charge < -0.3 is 14.2 Å². The molecule has 2 N–H and O–H groups in total. The number of anilines is 1. The number of nitrogens with zero attached hydrogens (tertiary/aromatic N) is 3. The summed E-state index contributed by atoms with van der Waals surface area (Å²) in [5, 5.41) is 12.0. The fourth-order valence-corrected chi connectivity index (χ4v) is 2.54. The first kappa shape index (κ1) is 19.9. The lowest BCUT2D eigenvalue weighted by Gasteiger charge is -2.09. The minimum atomic E-state index is -0.383. The smallest absolute Gasteiger partial charge is 0.279 e. The summed E-state index contributed by atoms with van der Waals surface area (Å²) in [6, 6.07) is 12.4. The van der Waals surface area contributed by atoms with E-state index in [0.717, 1.165) is 5.56 Å². The molecule has 29 heavy (non-hydrogen) atoms. The van der Waals surface area contributed by atoms with Crippen molar-refractivity contribution in [3.8, 4) is 28.5 Å². The molecule has 0 saturated carbocycles. The number of ether oxygens (including phenoxy) is 3. The molecular formula is C20H21N5O4. The predicted molar refractivity (Wildman–Crippen MR) is 110 cm³/mol. The lowest BCUT2D eigenvalue weighted by atomic mass is 10.1. The maximum Gasteiger partial charge on any atom is 0.279 e. The van der Waals surface area contributed by atoms with Gasteiger partial charge in [0, 0.05) is 5.56 Å². The van der Waals surface area contributed by atoms with E-state index in [0.29, 0.717) is 29.4 Å². The lowest BCUT2D eigenvalue weighted by molar-refractivity contribution is 0.311. The SMILES string of the molecule is CCOc1cc(/C=N/Nc2nnc(-c3ccc(OC)cc3)c(=O)[nH]2)ccc1OC. The first-order valence-electron chi connectivity index (χ1n) is 8.86. The van der Waals surface area contributed by atoms with Crippen molar-refractivity contribution in [2.45, 2.75) is 6.92 Å². The summed E-state index contributed by atoms with van der Waals surface area (Å²) >= 11 is 0. The maximum atomic E-state index is 12.3. The summed E-state index contributed by atoms with van der Waals surface area (Å²) in [5.41, 5.74) is 3.90. The van der Waals surface area contributed by atoms with Gasteiger partial charge in [-0.25, -0.2) is 5.43 Å². The Bertz CT molecular complexity index is 1050. The molecule has 0 aliphatic carbocycles. The molecule has 150 valence electrons. The Morgan fingerprint density at radius 2 is 1.86 bits per heavy atom. The van der Waals surface area contributed by atoms with E-state index in [9.17, 15) is 4.79 Å². The highest BCUT2D eigenvalue weighted by atomic mass is 16.5. The van der Waals surface area contributed by atoms with E-state index >= 15 is 0 Å². The summed E-state index contributed by atoms with van der Waals surface area (Å²) in [7, 11) is 3.16. The van der Waals surface area contributed by atoms with Gasteiger partial charge in [-0.05, 0) is 55.0 Å². The van der Waals surface area contributed by atoms with Crippen LogP contribution in [-0.2, 0) is 0 Å². The zero-order chi connectivity index (χ0) is 20.6. The third kappa shape index (κ3) is 4.89. The summed E-state index contributed by atoms with van der Waals surface area (Å²) in [5.74, 6) is 2.08. The molecule has 0 fully saturated rings. The van der Waals surface area contributed by atoms with Crippen molar-refractivity contribution >= 4 is 12.2 Å². The number of hydrazone groups is 1. The van der Waals surface area contributed by atoms with Gasteiger partial charge in [0.05, 0.1) is 27.0 Å². The van der Waals surface area contributed by atoms with Crippen LogP contribution in [0.15, 0.2) is 52.4 Å². The van der Waals surface area contributed by atoms with Crippen LogP contribution in [0.2, 0.25) is 0 Å². The van der Waals surface area contributed by atoms with Gasteiger partial charge in [0.15, 0.2) is 17.2 Å². The Hall–Kier alpha value is -3.88. The molecule has 2 aromatic carbocycles. The van der Waals surface area contributed by atoms with Crippen molar-refractivity contribution < 1.29 is 14.2 Å². The minimum Gasteiger partial charge on any atom is -0.497 e. The molecule has 0 unspecified atom stereocenters. The second-order valence-electron chi connectivity index (χ2n) is 5.79. The fourth-order valence-electron chi connectivity index (χ4n) is 2.54. The van der Waals surface area contributed by atoms with Gasteiger partial charge in [0.25, 0.3) is 5.56 Å². The molecule has 1 heterocycles. The molecule has 0 atom stereocenters. The second kappa shape index (κ2) is 9.36. The number of aromatic amines is 1. The Morgan fingerprint density at radius 1 is 1.07 bits per heavy atom. The Balaban J connectivity index is 1.71. The topological polar surface area (TPSA) is 111 Å². The van der Waals surface area contributed by atoms with Crippen molar-refractivity contribution in [2.24, 2.45) is 5.10 Å². The van der Waals surface area contributed by atoms with E-state index in [2.05, 4.69) is 25.7 Å². The first-order valence-corrected chi connectivity index (χ1v) is 8.86. The molecule has 0 radical (unpaired) electrons. The lowest BCUT2D eigenvalue weighted by Crippen LogP contribution is -2.15. The molecule has 0 aliphatic heterocycles. The van der Waals surface area contributed by atoms with Crippen molar-refractivity contribution in [3.63, 3.8) is 0 Å². The number of H-pyrrole nitrogens is 1. The molecule has 0 amide bonds. The molecule has 0 aliphatic rings. The Kier molecular flexibility index (Phi) is 6.41. The third-order valence-corrected chi connectivity index (χ3v) is 3.93. The van der Waals surface area contributed by atoms with Gasteiger partial charge in [0.1, 0.15) is 5.75 Å². The van der Waals surface area contributed by atoms with Gasteiger partial charge in [-0.3, -0.25) is 9.78 Å². The van der Waals surface area contributed by atoms with Gasteiger partial charge in [-0.2, -0.15) is 5.10 Å². The summed E-state index contributed by atoms with van der Waals surface area (Å²) in [6.45, 7) is 2.42. The number of aromatic nitrogens is 3. The van der Waals surface area contributed by atoms with E-state index in [1.807, 2.05) is 13.0 Å². The van der Waals surface area contributed by atoms with E-state index in [1.54, 1.807) is 56.8 Å². The van der Waals surface area contributed by atoms with Crippen LogP contribution in [0.4, 0.5) is 5.95 Å². The van der Waals surface area contributed by atoms with E-state index < -0.39 is 0 Å².